The summed E-state index contributed by atoms with van der Waals surface area (Å²) in [4.78, 5) is 25.4. The molecule has 1 aromatic carbocycles. The molecule has 1 aliphatic rings. The van der Waals surface area contributed by atoms with Crippen molar-refractivity contribution in [2.75, 3.05) is 6.54 Å². The van der Waals surface area contributed by atoms with Crippen LogP contribution in [0, 0.1) is 0 Å². The van der Waals surface area contributed by atoms with E-state index in [1.807, 2.05) is 24.3 Å². The zero-order valence-electron chi connectivity index (χ0n) is 10.4. The second kappa shape index (κ2) is 6.11. The van der Waals surface area contributed by atoms with Gasteiger partial charge in [0.2, 0.25) is 0 Å². The lowest BCUT2D eigenvalue weighted by molar-refractivity contribution is -0.128. The van der Waals surface area contributed by atoms with Crippen LogP contribution >= 0.6 is 28.1 Å². The van der Waals surface area contributed by atoms with Crippen LogP contribution in [0.3, 0.4) is 0 Å². The van der Waals surface area contributed by atoms with Crippen LogP contribution in [0.1, 0.15) is 5.56 Å². The lowest BCUT2D eigenvalue weighted by atomic mass is 10.1. The molecule has 4 nitrogen and oxygen atoms in total. The molecule has 0 aromatic heterocycles. The van der Waals surface area contributed by atoms with Gasteiger partial charge in [-0.15, -0.1) is 6.58 Å². The van der Waals surface area contributed by atoms with Crippen molar-refractivity contribution in [3.05, 3.63) is 52.5 Å². The average Bonchev–Trinajstić information content (AvgIpc) is 2.41. The molecule has 6 heteroatoms. The SMILES string of the molecule is C=CCN1C(=O)/C(=C/c2ccc(Br)cc2)C(=O)NC1=S. The standard InChI is InChI=1S/C14H11BrN2O2S/c1-2-7-17-13(19)11(12(18)16-14(17)20)8-9-3-5-10(15)6-4-9/h2-6,8H,1,7H2,(H,16,18,20)/b11-8+. The highest BCUT2D eigenvalue weighted by atomic mass is 79.9. The first kappa shape index (κ1) is 14.6. The van der Waals surface area contributed by atoms with Crippen molar-refractivity contribution in [3.8, 4) is 0 Å². The molecule has 0 atom stereocenters. The molecule has 0 unspecified atom stereocenters. The van der Waals surface area contributed by atoms with Crippen LogP contribution in [0.15, 0.2) is 47.0 Å². The Hall–Kier alpha value is -1.79. The molecule has 0 aliphatic carbocycles. The molecule has 1 saturated heterocycles. The second-order valence-electron chi connectivity index (χ2n) is 4.07. The number of halogens is 1. The van der Waals surface area contributed by atoms with Crippen molar-refractivity contribution in [2.45, 2.75) is 0 Å². The van der Waals surface area contributed by atoms with Crippen LogP contribution in [-0.2, 0) is 9.59 Å². The molecule has 1 fully saturated rings. The number of rotatable bonds is 3. The van der Waals surface area contributed by atoms with E-state index in [0.717, 1.165) is 10.0 Å². The van der Waals surface area contributed by atoms with E-state index in [1.165, 1.54) is 4.90 Å². The third-order valence-corrected chi connectivity index (χ3v) is 3.53. The van der Waals surface area contributed by atoms with Gasteiger partial charge < -0.3 is 0 Å². The summed E-state index contributed by atoms with van der Waals surface area (Å²) in [5, 5.41) is 2.60. The fourth-order valence-corrected chi connectivity index (χ4v) is 2.23. The van der Waals surface area contributed by atoms with E-state index >= 15 is 0 Å². The number of carbonyl (C=O) groups is 2. The van der Waals surface area contributed by atoms with E-state index in [-0.39, 0.29) is 17.2 Å². The van der Waals surface area contributed by atoms with Gasteiger partial charge in [-0.3, -0.25) is 19.8 Å². The van der Waals surface area contributed by atoms with Crippen molar-refractivity contribution in [3.63, 3.8) is 0 Å². The molecule has 1 heterocycles. The highest BCUT2D eigenvalue weighted by molar-refractivity contribution is 9.10. The van der Waals surface area contributed by atoms with Crippen molar-refractivity contribution < 1.29 is 9.59 Å². The zero-order valence-corrected chi connectivity index (χ0v) is 12.8. The smallest absolute Gasteiger partial charge is 0.265 e. The summed E-state index contributed by atoms with van der Waals surface area (Å²) in [6.45, 7) is 3.83. The number of amides is 2. The Labute approximate surface area is 130 Å². The average molecular weight is 351 g/mol. The first-order valence-electron chi connectivity index (χ1n) is 5.78. The number of nitrogens with one attached hydrogen (secondary N) is 1. The predicted molar refractivity (Wildman–Crippen MR) is 84.8 cm³/mol. The molecule has 20 heavy (non-hydrogen) atoms. The quantitative estimate of drug-likeness (QED) is 0.393. The summed E-state index contributed by atoms with van der Waals surface area (Å²) in [6.07, 6.45) is 3.10. The third kappa shape index (κ3) is 3.02. The van der Waals surface area contributed by atoms with E-state index in [4.69, 9.17) is 12.2 Å². The maximum atomic E-state index is 12.3. The Morgan fingerprint density at radius 2 is 1.95 bits per heavy atom. The van der Waals surface area contributed by atoms with Gasteiger partial charge in [0.05, 0.1) is 0 Å². The molecule has 0 spiro atoms. The molecule has 0 saturated carbocycles. The van der Waals surface area contributed by atoms with E-state index in [0.29, 0.717) is 0 Å². The fourth-order valence-electron chi connectivity index (χ4n) is 1.71. The van der Waals surface area contributed by atoms with Crippen molar-refractivity contribution in [2.24, 2.45) is 0 Å². The van der Waals surface area contributed by atoms with E-state index in [9.17, 15) is 9.59 Å². The molecule has 1 aromatic rings. The van der Waals surface area contributed by atoms with Crippen LogP contribution in [0.4, 0.5) is 0 Å². The number of hydrogen-bond acceptors (Lipinski definition) is 3. The summed E-state index contributed by atoms with van der Waals surface area (Å²) in [5.74, 6) is -0.898. The molecule has 1 N–H and O–H groups in total. The summed E-state index contributed by atoms with van der Waals surface area (Å²) in [6, 6.07) is 7.29. The van der Waals surface area contributed by atoms with Gasteiger partial charge in [0.1, 0.15) is 5.57 Å². The predicted octanol–water partition coefficient (Wildman–Crippen LogP) is 2.26. The maximum absolute atomic E-state index is 12.3. The summed E-state index contributed by atoms with van der Waals surface area (Å²) < 4.78 is 0.925. The van der Waals surface area contributed by atoms with Gasteiger partial charge in [-0.05, 0) is 36.0 Å². The Balaban J connectivity index is 2.36. The van der Waals surface area contributed by atoms with Crippen molar-refractivity contribution in [1.29, 1.82) is 0 Å². The van der Waals surface area contributed by atoms with Crippen LogP contribution in [0.2, 0.25) is 0 Å². The molecule has 2 rings (SSSR count). The first-order valence-corrected chi connectivity index (χ1v) is 6.98. The topological polar surface area (TPSA) is 49.4 Å². The number of benzene rings is 1. The van der Waals surface area contributed by atoms with Gasteiger partial charge in [-0.25, -0.2) is 0 Å². The Kier molecular flexibility index (Phi) is 4.46. The first-order chi connectivity index (χ1) is 9.52. The Bertz CT molecular complexity index is 623. The van der Waals surface area contributed by atoms with E-state index < -0.39 is 11.8 Å². The molecular formula is C14H11BrN2O2S. The highest BCUT2D eigenvalue weighted by Crippen LogP contribution is 2.16. The Morgan fingerprint density at radius 1 is 1.30 bits per heavy atom. The van der Waals surface area contributed by atoms with Crippen molar-refractivity contribution in [1.82, 2.24) is 10.2 Å². The van der Waals surface area contributed by atoms with Gasteiger partial charge in [0.25, 0.3) is 11.8 Å². The lowest BCUT2D eigenvalue weighted by Gasteiger charge is -2.27. The van der Waals surface area contributed by atoms with Gasteiger partial charge in [0, 0.05) is 11.0 Å². The number of hydrogen-bond donors (Lipinski definition) is 1. The monoisotopic (exact) mass is 350 g/mol. The molecule has 0 bridgehead atoms. The van der Waals surface area contributed by atoms with Gasteiger partial charge in [-0.1, -0.05) is 34.1 Å². The van der Waals surface area contributed by atoms with Gasteiger partial charge in [0.15, 0.2) is 5.11 Å². The van der Waals surface area contributed by atoms with Crippen LogP contribution in [-0.4, -0.2) is 28.4 Å². The largest absolute Gasteiger partial charge is 0.298 e. The lowest BCUT2D eigenvalue weighted by Crippen LogP contribution is -2.53. The van der Waals surface area contributed by atoms with E-state index in [1.54, 1.807) is 12.2 Å². The fraction of sp³-hybridized carbons (Fsp3) is 0.0714. The number of carbonyl (C=O) groups excluding carboxylic acids is 2. The normalized spacial score (nSPS) is 17.4. The minimum atomic E-state index is -0.483. The summed E-state index contributed by atoms with van der Waals surface area (Å²) in [7, 11) is 0. The van der Waals surface area contributed by atoms with Crippen LogP contribution < -0.4 is 5.32 Å². The molecule has 1 aliphatic heterocycles. The van der Waals surface area contributed by atoms with Crippen LogP contribution in [0.5, 0.6) is 0 Å². The molecule has 0 radical (unpaired) electrons. The Morgan fingerprint density at radius 3 is 2.55 bits per heavy atom. The van der Waals surface area contributed by atoms with E-state index in [2.05, 4.69) is 27.8 Å². The molecular weight excluding hydrogens is 340 g/mol. The number of nitrogens with zero attached hydrogens (tertiary/aromatic N) is 1. The highest BCUT2D eigenvalue weighted by Gasteiger charge is 2.32. The zero-order chi connectivity index (χ0) is 14.7. The van der Waals surface area contributed by atoms with Crippen molar-refractivity contribution >= 4 is 51.2 Å². The minimum absolute atomic E-state index is 0.0581. The van der Waals surface area contributed by atoms with Crippen LogP contribution in [0.25, 0.3) is 6.08 Å². The number of thiocarbonyl (C=S) groups is 1. The maximum Gasteiger partial charge on any atom is 0.265 e. The van der Waals surface area contributed by atoms with Gasteiger partial charge in [-0.2, -0.15) is 0 Å². The van der Waals surface area contributed by atoms with Gasteiger partial charge >= 0.3 is 0 Å². The second-order valence-corrected chi connectivity index (χ2v) is 5.38. The molecule has 102 valence electrons. The third-order valence-electron chi connectivity index (χ3n) is 2.68. The summed E-state index contributed by atoms with van der Waals surface area (Å²) >= 11 is 8.30. The minimum Gasteiger partial charge on any atom is -0.298 e. The summed E-state index contributed by atoms with van der Waals surface area (Å²) in [5.41, 5.74) is 0.820. The molecule has 2 amide bonds.